The van der Waals surface area contributed by atoms with Gasteiger partial charge in [-0.2, -0.15) is 0 Å². The molecule has 0 saturated carbocycles. The number of hydrogen-bond acceptors (Lipinski definition) is 2. The van der Waals surface area contributed by atoms with Gasteiger partial charge in [0.2, 0.25) is 0 Å². The molecule has 2 aliphatic rings. The smallest absolute Gasteiger partial charge is 0.870 e. The van der Waals surface area contributed by atoms with E-state index in [1.165, 1.54) is 11.1 Å². The minimum absolute atomic E-state index is 0. The number of para-hydroxylation sites is 1. The van der Waals surface area contributed by atoms with E-state index in [2.05, 4.69) is 36.5 Å². The predicted octanol–water partition coefficient (Wildman–Crippen LogP) is 0.978. The van der Waals surface area contributed by atoms with Crippen molar-refractivity contribution in [3.63, 3.8) is 0 Å². The quantitative estimate of drug-likeness (QED) is 0.769. The van der Waals surface area contributed by atoms with E-state index in [1.807, 2.05) is 6.07 Å². The second kappa shape index (κ2) is 9.82. The molecule has 2 N–H and O–H groups in total. The van der Waals surface area contributed by atoms with E-state index in [-0.39, 0.29) is 35.0 Å². The van der Waals surface area contributed by atoms with Gasteiger partial charge in [0, 0.05) is 0 Å². The van der Waals surface area contributed by atoms with Crippen molar-refractivity contribution >= 4 is 0 Å². The van der Waals surface area contributed by atoms with Gasteiger partial charge in [-0.25, -0.2) is 0 Å². The molecule has 94 valence electrons. The zero-order valence-corrected chi connectivity index (χ0v) is 13.2. The number of phenolic OH excluding ortho intramolecular Hbond substituents is 1. The molecule has 0 heterocycles. The summed E-state index contributed by atoms with van der Waals surface area (Å²) in [4.78, 5) is 0. The van der Waals surface area contributed by atoms with Crippen LogP contribution in [-0.4, -0.2) is 10.6 Å². The minimum Gasteiger partial charge on any atom is -0.870 e. The Labute approximate surface area is 136 Å². The van der Waals surface area contributed by atoms with Crippen molar-refractivity contribution in [3.8, 4) is 5.75 Å². The minimum atomic E-state index is 0. The van der Waals surface area contributed by atoms with Gasteiger partial charge < -0.3 is 10.6 Å². The average molecular weight is 264 g/mol. The number of phenols is 1. The van der Waals surface area contributed by atoms with Crippen LogP contribution in [0.25, 0.3) is 0 Å². The summed E-state index contributed by atoms with van der Waals surface area (Å²) in [5, 5.41) is 8.63. The Morgan fingerprint density at radius 1 is 0.789 bits per heavy atom. The van der Waals surface area contributed by atoms with Crippen LogP contribution in [0, 0.1) is 0 Å². The van der Waals surface area contributed by atoms with E-state index in [1.54, 1.807) is 24.3 Å². The van der Waals surface area contributed by atoms with E-state index < -0.39 is 0 Å². The van der Waals surface area contributed by atoms with Crippen LogP contribution >= 0.6 is 0 Å². The maximum absolute atomic E-state index is 8.63. The zero-order chi connectivity index (χ0) is 11.9. The first-order valence-electron chi connectivity index (χ1n) is 5.82. The third kappa shape index (κ3) is 6.08. The molecule has 0 amide bonds. The fraction of sp³-hybridized carbons (Fsp3) is 0.125. The van der Waals surface area contributed by atoms with Gasteiger partial charge in [0.25, 0.3) is 0 Å². The summed E-state index contributed by atoms with van der Waals surface area (Å²) in [6.07, 6.45) is 15.4. The second-order valence-electron chi connectivity index (χ2n) is 3.98. The Morgan fingerprint density at radius 3 is 1.53 bits per heavy atom. The van der Waals surface area contributed by atoms with Crippen LogP contribution in [0.3, 0.4) is 0 Å². The van der Waals surface area contributed by atoms with Gasteiger partial charge in [0.15, 0.2) is 0 Å². The molecule has 1 aromatic rings. The first-order valence-corrected chi connectivity index (χ1v) is 5.82. The van der Waals surface area contributed by atoms with Crippen molar-refractivity contribution in [2.24, 2.45) is 0 Å². The first kappa shape index (κ1) is 17.9. The number of hydrogen-bond donors (Lipinski definition) is 1. The monoisotopic (exact) mass is 264 g/mol. The number of rotatable bonds is 1. The fourth-order valence-corrected chi connectivity index (χ4v) is 1.80. The summed E-state index contributed by atoms with van der Waals surface area (Å²) < 4.78 is 0. The standard InChI is InChI=1S/C10H10.C6H6O.Na.H2O/c1-2-6-9(5-1)10-7-3-4-8-10;7-6-4-2-1-3-5-6;;/h1-5,7H,6,8H2;1-5,7H;;1H2/q;;+1;/p-1. The number of benzene rings is 1. The Morgan fingerprint density at radius 2 is 1.26 bits per heavy atom. The number of aromatic hydroxyl groups is 1. The van der Waals surface area contributed by atoms with Crippen molar-refractivity contribution in [1.29, 1.82) is 0 Å². The third-order valence-corrected chi connectivity index (χ3v) is 2.71. The summed E-state index contributed by atoms with van der Waals surface area (Å²) in [7, 11) is 0. The Bertz CT molecular complexity index is 457. The Hall–Kier alpha value is -1.06. The maximum atomic E-state index is 8.63. The van der Waals surface area contributed by atoms with Gasteiger partial charge in [-0.05, 0) is 36.1 Å². The Balaban J connectivity index is 0.000000325. The Kier molecular flexibility index (Phi) is 9.27. The maximum Gasteiger partial charge on any atom is 1.00 e. The van der Waals surface area contributed by atoms with Crippen molar-refractivity contribution in [1.82, 2.24) is 0 Å². The molecule has 0 fully saturated rings. The summed E-state index contributed by atoms with van der Waals surface area (Å²) in [6.45, 7) is 0. The van der Waals surface area contributed by atoms with Gasteiger partial charge in [-0.15, -0.1) is 0 Å². The topological polar surface area (TPSA) is 50.2 Å². The molecule has 0 saturated heterocycles. The van der Waals surface area contributed by atoms with Gasteiger partial charge in [0.1, 0.15) is 5.75 Å². The largest absolute Gasteiger partial charge is 1.00 e. The molecule has 3 heteroatoms. The van der Waals surface area contributed by atoms with Crippen molar-refractivity contribution in [2.45, 2.75) is 12.8 Å². The van der Waals surface area contributed by atoms with Crippen LogP contribution in [0.4, 0.5) is 0 Å². The fourth-order valence-electron chi connectivity index (χ4n) is 1.80. The molecular formula is C16H17NaO2. The summed E-state index contributed by atoms with van der Waals surface area (Å²) in [5.74, 6) is 0.322. The molecule has 0 atom stereocenters. The van der Waals surface area contributed by atoms with Crippen molar-refractivity contribution in [2.75, 3.05) is 0 Å². The van der Waals surface area contributed by atoms with Gasteiger partial charge in [0.05, 0.1) is 0 Å². The van der Waals surface area contributed by atoms with Crippen LogP contribution in [0.1, 0.15) is 12.8 Å². The van der Waals surface area contributed by atoms with Gasteiger partial charge >= 0.3 is 29.6 Å². The SMILES string of the molecule is C1=CCC(C2=CC=CC2)=C1.Oc1ccccc1.[Na+].[OH-]. The van der Waals surface area contributed by atoms with E-state index in [4.69, 9.17) is 5.11 Å². The molecule has 2 nitrogen and oxygen atoms in total. The molecule has 0 aliphatic heterocycles. The van der Waals surface area contributed by atoms with Crippen LogP contribution in [0.2, 0.25) is 0 Å². The van der Waals surface area contributed by atoms with Crippen LogP contribution in [0.5, 0.6) is 5.75 Å². The van der Waals surface area contributed by atoms with Gasteiger partial charge in [-0.1, -0.05) is 54.7 Å². The van der Waals surface area contributed by atoms with Crippen LogP contribution < -0.4 is 29.6 Å². The molecule has 2 aliphatic carbocycles. The summed E-state index contributed by atoms with van der Waals surface area (Å²) in [5.41, 5.74) is 2.98. The normalized spacial score (nSPS) is 14.5. The van der Waals surface area contributed by atoms with E-state index in [9.17, 15) is 0 Å². The van der Waals surface area contributed by atoms with E-state index >= 15 is 0 Å². The number of allylic oxidation sites excluding steroid dienone is 8. The van der Waals surface area contributed by atoms with Crippen LogP contribution in [0.15, 0.2) is 77.9 Å². The molecule has 0 spiro atoms. The average Bonchev–Trinajstić information content (AvgIpc) is 3.04. The first-order chi connectivity index (χ1) is 8.36. The van der Waals surface area contributed by atoms with E-state index in [0.717, 1.165) is 12.8 Å². The second-order valence-corrected chi connectivity index (χ2v) is 3.98. The molecule has 0 bridgehead atoms. The molecule has 0 unspecified atom stereocenters. The molecule has 19 heavy (non-hydrogen) atoms. The summed E-state index contributed by atoms with van der Waals surface area (Å²) >= 11 is 0. The predicted molar refractivity (Wildman–Crippen MR) is 73.7 cm³/mol. The van der Waals surface area contributed by atoms with Crippen molar-refractivity contribution in [3.05, 3.63) is 77.9 Å². The molecule has 1 aromatic carbocycles. The van der Waals surface area contributed by atoms with Crippen LogP contribution in [-0.2, 0) is 0 Å². The zero-order valence-electron chi connectivity index (χ0n) is 11.2. The molecule has 3 rings (SSSR count). The molecular weight excluding hydrogens is 247 g/mol. The third-order valence-electron chi connectivity index (χ3n) is 2.71. The van der Waals surface area contributed by atoms with E-state index in [0.29, 0.717) is 5.75 Å². The van der Waals surface area contributed by atoms with Crippen molar-refractivity contribution < 1.29 is 40.1 Å². The molecule has 0 radical (unpaired) electrons. The molecule has 0 aromatic heterocycles. The van der Waals surface area contributed by atoms with Gasteiger partial charge in [-0.3, -0.25) is 0 Å². The summed E-state index contributed by atoms with van der Waals surface area (Å²) in [6, 6.07) is 8.71.